The second kappa shape index (κ2) is 9.74. The summed E-state index contributed by atoms with van der Waals surface area (Å²) in [5, 5.41) is 6.62. The number of halogens is 2. The predicted octanol–water partition coefficient (Wildman–Crippen LogP) is 3.66. The summed E-state index contributed by atoms with van der Waals surface area (Å²) >= 11 is 12.1. The van der Waals surface area contributed by atoms with Crippen LogP contribution in [0, 0.1) is 0 Å². The highest BCUT2D eigenvalue weighted by Gasteiger charge is 2.14. The third-order valence-corrected chi connectivity index (χ3v) is 4.68. The van der Waals surface area contributed by atoms with Crippen LogP contribution in [0.25, 0.3) is 0 Å². The number of hydrogen-bond acceptors (Lipinski definition) is 3. The molecule has 0 fully saturated rings. The lowest BCUT2D eigenvalue weighted by Gasteiger charge is -2.20. The summed E-state index contributed by atoms with van der Waals surface area (Å²) < 4.78 is 0. The minimum absolute atomic E-state index is 0.0991. The van der Waals surface area contributed by atoms with Crippen LogP contribution in [0.5, 0.6) is 0 Å². The van der Waals surface area contributed by atoms with E-state index in [9.17, 15) is 9.59 Å². The molecular weight excluding hydrogens is 385 g/mol. The van der Waals surface area contributed by atoms with Gasteiger partial charge in [0.15, 0.2) is 0 Å². The number of hydrogen-bond donors (Lipinski definition) is 2. The summed E-state index contributed by atoms with van der Waals surface area (Å²) in [5.41, 5.74) is 2.45. The number of amides is 2. The molecule has 0 saturated carbocycles. The molecule has 0 aliphatic carbocycles. The Morgan fingerprint density at radius 2 is 1.78 bits per heavy atom. The van der Waals surface area contributed by atoms with Crippen molar-refractivity contribution in [2.24, 2.45) is 0 Å². The van der Waals surface area contributed by atoms with Crippen LogP contribution in [-0.2, 0) is 11.3 Å². The molecule has 0 aromatic heterocycles. The van der Waals surface area contributed by atoms with E-state index in [4.69, 9.17) is 23.2 Å². The standard InChI is InChI=1S/C20H23Cl2N3O2/c1-13(17-9-8-16(21)10-18(17)22)24-19(26)12-25(3)11-14-4-6-15(7-5-14)20(27)23-2/h4-10,13H,11-12H2,1-3H3,(H,23,27)(H,24,26)/t13-/m0/s1. The number of carbonyl (C=O) groups excluding carboxylic acids is 2. The van der Waals surface area contributed by atoms with Crippen LogP contribution in [0.15, 0.2) is 42.5 Å². The average molecular weight is 408 g/mol. The molecule has 144 valence electrons. The second-order valence-electron chi connectivity index (χ2n) is 6.40. The molecule has 0 heterocycles. The quantitative estimate of drug-likeness (QED) is 0.735. The van der Waals surface area contributed by atoms with Gasteiger partial charge in [-0.25, -0.2) is 0 Å². The van der Waals surface area contributed by atoms with Crippen molar-refractivity contribution in [2.45, 2.75) is 19.5 Å². The fourth-order valence-electron chi connectivity index (χ4n) is 2.74. The van der Waals surface area contributed by atoms with E-state index in [1.165, 1.54) is 0 Å². The average Bonchev–Trinajstić information content (AvgIpc) is 2.61. The maximum absolute atomic E-state index is 12.3. The van der Waals surface area contributed by atoms with E-state index in [0.29, 0.717) is 22.2 Å². The zero-order valence-electron chi connectivity index (χ0n) is 15.6. The van der Waals surface area contributed by atoms with Crippen molar-refractivity contribution in [3.63, 3.8) is 0 Å². The molecular formula is C20H23Cl2N3O2. The highest BCUT2D eigenvalue weighted by molar-refractivity contribution is 6.35. The molecule has 1 atom stereocenters. The highest BCUT2D eigenvalue weighted by atomic mass is 35.5. The number of carbonyl (C=O) groups is 2. The molecule has 2 rings (SSSR count). The third kappa shape index (κ3) is 6.24. The fourth-order valence-corrected chi connectivity index (χ4v) is 3.31. The lowest BCUT2D eigenvalue weighted by atomic mass is 10.1. The maximum Gasteiger partial charge on any atom is 0.251 e. The van der Waals surface area contributed by atoms with Crippen molar-refractivity contribution in [3.8, 4) is 0 Å². The van der Waals surface area contributed by atoms with E-state index in [-0.39, 0.29) is 24.4 Å². The predicted molar refractivity (Wildman–Crippen MR) is 109 cm³/mol. The van der Waals surface area contributed by atoms with Crippen molar-refractivity contribution in [2.75, 3.05) is 20.6 Å². The van der Waals surface area contributed by atoms with Crippen molar-refractivity contribution in [1.29, 1.82) is 0 Å². The largest absolute Gasteiger partial charge is 0.355 e. The SMILES string of the molecule is CNC(=O)c1ccc(CN(C)CC(=O)N[C@@H](C)c2ccc(Cl)cc2Cl)cc1. The lowest BCUT2D eigenvalue weighted by Crippen LogP contribution is -2.36. The molecule has 0 aliphatic heterocycles. The summed E-state index contributed by atoms with van der Waals surface area (Å²) in [6.45, 7) is 2.72. The smallest absolute Gasteiger partial charge is 0.251 e. The normalized spacial score (nSPS) is 11.9. The lowest BCUT2D eigenvalue weighted by molar-refractivity contribution is -0.122. The zero-order valence-corrected chi connectivity index (χ0v) is 17.1. The van der Waals surface area contributed by atoms with Crippen LogP contribution in [0.1, 0.15) is 34.5 Å². The van der Waals surface area contributed by atoms with Crippen LogP contribution >= 0.6 is 23.2 Å². The van der Waals surface area contributed by atoms with Gasteiger partial charge in [-0.05, 0) is 49.4 Å². The Bertz CT molecular complexity index is 809. The molecule has 7 heteroatoms. The molecule has 0 spiro atoms. The van der Waals surface area contributed by atoms with Gasteiger partial charge >= 0.3 is 0 Å². The van der Waals surface area contributed by atoms with E-state index >= 15 is 0 Å². The van der Waals surface area contributed by atoms with Gasteiger partial charge in [0, 0.05) is 29.2 Å². The highest BCUT2D eigenvalue weighted by Crippen LogP contribution is 2.26. The Morgan fingerprint density at radius 1 is 1.11 bits per heavy atom. The van der Waals surface area contributed by atoms with Gasteiger partial charge < -0.3 is 10.6 Å². The summed E-state index contributed by atoms with van der Waals surface area (Å²) in [5.74, 6) is -0.220. The van der Waals surface area contributed by atoms with E-state index in [1.807, 2.05) is 37.1 Å². The van der Waals surface area contributed by atoms with Crippen LogP contribution < -0.4 is 10.6 Å². The van der Waals surface area contributed by atoms with E-state index < -0.39 is 0 Å². The van der Waals surface area contributed by atoms with Gasteiger partial charge in [-0.1, -0.05) is 41.4 Å². The first-order valence-corrected chi connectivity index (χ1v) is 9.29. The number of nitrogens with one attached hydrogen (secondary N) is 2. The summed E-state index contributed by atoms with van der Waals surface area (Å²) in [7, 11) is 3.47. The Morgan fingerprint density at radius 3 is 2.37 bits per heavy atom. The Hall–Kier alpha value is -2.08. The first-order valence-electron chi connectivity index (χ1n) is 8.54. The van der Waals surface area contributed by atoms with Gasteiger partial charge in [0.1, 0.15) is 0 Å². The van der Waals surface area contributed by atoms with Gasteiger partial charge in [-0.3, -0.25) is 14.5 Å². The molecule has 0 radical (unpaired) electrons. The van der Waals surface area contributed by atoms with Crippen molar-refractivity contribution in [1.82, 2.24) is 15.5 Å². The molecule has 2 amide bonds. The molecule has 0 bridgehead atoms. The summed E-state index contributed by atoms with van der Waals surface area (Å²) in [4.78, 5) is 25.8. The monoisotopic (exact) mass is 407 g/mol. The van der Waals surface area contributed by atoms with Crippen LogP contribution in [0.2, 0.25) is 10.0 Å². The van der Waals surface area contributed by atoms with Crippen LogP contribution in [0.3, 0.4) is 0 Å². The van der Waals surface area contributed by atoms with Gasteiger partial charge in [0.05, 0.1) is 12.6 Å². The molecule has 5 nitrogen and oxygen atoms in total. The molecule has 2 aromatic carbocycles. The Kier molecular flexibility index (Phi) is 7.66. The minimum atomic E-state index is -0.220. The fraction of sp³-hybridized carbons (Fsp3) is 0.300. The van der Waals surface area contributed by atoms with Gasteiger partial charge in [-0.15, -0.1) is 0 Å². The summed E-state index contributed by atoms with van der Waals surface area (Å²) in [6, 6.07) is 12.3. The summed E-state index contributed by atoms with van der Waals surface area (Å²) in [6.07, 6.45) is 0. The third-order valence-electron chi connectivity index (χ3n) is 4.12. The maximum atomic E-state index is 12.3. The second-order valence-corrected chi connectivity index (χ2v) is 7.25. The molecule has 27 heavy (non-hydrogen) atoms. The topological polar surface area (TPSA) is 61.4 Å². The molecule has 0 unspecified atom stereocenters. The molecule has 0 saturated heterocycles. The first-order chi connectivity index (χ1) is 12.8. The first kappa shape index (κ1) is 21.2. The molecule has 2 aromatic rings. The number of likely N-dealkylation sites (N-methyl/N-ethyl adjacent to an activating group) is 1. The van der Waals surface area contributed by atoms with E-state index in [0.717, 1.165) is 11.1 Å². The van der Waals surface area contributed by atoms with Gasteiger partial charge in [0.2, 0.25) is 5.91 Å². The number of benzene rings is 2. The Balaban J connectivity index is 1.88. The van der Waals surface area contributed by atoms with Crippen molar-refractivity contribution in [3.05, 3.63) is 69.2 Å². The van der Waals surface area contributed by atoms with Crippen molar-refractivity contribution < 1.29 is 9.59 Å². The molecule has 2 N–H and O–H groups in total. The number of nitrogens with zero attached hydrogens (tertiary/aromatic N) is 1. The van der Waals surface area contributed by atoms with Crippen LogP contribution in [0.4, 0.5) is 0 Å². The number of rotatable bonds is 7. The van der Waals surface area contributed by atoms with Gasteiger partial charge in [0.25, 0.3) is 5.91 Å². The Labute approximate surface area is 169 Å². The minimum Gasteiger partial charge on any atom is -0.355 e. The van der Waals surface area contributed by atoms with Crippen molar-refractivity contribution >= 4 is 35.0 Å². The van der Waals surface area contributed by atoms with E-state index in [2.05, 4.69) is 10.6 Å². The van der Waals surface area contributed by atoms with E-state index in [1.54, 1.807) is 31.3 Å². The van der Waals surface area contributed by atoms with Crippen LogP contribution in [-0.4, -0.2) is 37.4 Å². The zero-order chi connectivity index (χ0) is 20.0. The van der Waals surface area contributed by atoms with Gasteiger partial charge in [-0.2, -0.15) is 0 Å². The molecule has 0 aliphatic rings.